The molecule has 2 heterocycles. The Kier molecular flexibility index (Phi) is 6.48. The van der Waals surface area contributed by atoms with E-state index in [-0.39, 0.29) is 11.0 Å². The minimum Gasteiger partial charge on any atom is -0.478 e. The lowest BCUT2D eigenvalue weighted by Gasteiger charge is -2.41. The van der Waals surface area contributed by atoms with E-state index in [0.29, 0.717) is 27.9 Å². The van der Waals surface area contributed by atoms with Gasteiger partial charge in [0.05, 0.1) is 5.54 Å². The molecule has 3 aliphatic rings. The first kappa shape index (κ1) is 29.7. The standard InChI is InChI=1S/C36H33F4NO3/c1-16-14-35(4,5)18(3)21-12-27-23(9-19(16)21)22(11-25-29(34(42)43)31(38)33(40)32(39)30(25)37)24-10-20-17(2)15-36(6,7)41(8)26(20)13-28(24)44-27/h9-10,12-15H,11H2,1-8H3,(H,42,43). The summed E-state index contributed by atoms with van der Waals surface area (Å²) in [6.07, 6.45) is 3.75. The van der Waals surface area contributed by atoms with Crippen molar-refractivity contribution in [3.05, 3.63) is 97.9 Å². The lowest BCUT2D eigenvalue weighted by atomic mass is 9.76. The van der Waals surface area contributed by atoms with Crippen LogP contribution < -0.4 is 20.1 Å². The van der Waals surface area contributed by atoms with Gasteiger partial charge in [-0.25, -0.2) is 22.4 Å². The Labute approximate surface area is 253 Å². The second-order valence-corrected chi connectivity index (χ2v) is 13.1. The molecule has 2 aliphatic heterocycles. The molecule has 0 spiro atoms. The number of carbonyl (C=O) groups is 1. The maximum Gasteiger partial charge on any atom is 0.339 e. The summed E-state index contributed by atoms with van der Waals surface area (Å²) in [5, 5.41) is 11.3. The predicted molar refractivity (Wildman–Crippen MR) is 164 cm³/mol. The van der Waals surface area contributed by atoms with Gasteiger partial charge in [0, 0.05) is 52.5 Å². The smallest absolute Gasteiger partial charge is 0.339 e. The van der Waals surface area contributed by atoms with Crippen LogP contribution in [0.5, 0.6) is 11.5 Å². The van der Waals surface area contributed by atoms with Crippen molar-refractivity contribution in [2.75, 3.05) is 11.9 Å². The molecule has 0 fully saturated rings. The molecule has 44 heavy (non-hydrogen) atoms. The fourth-order valence-electron chi connectivity index (χ4n) is 6.81. The van der Waals surface area contributed by atoms with Crippen LogP contribution in [0, 0.1) is 28.7 Å². The molecule has 1 aliphatic carbocycles. The zero-order chi connectivity index (χ0) is 32.2. The second-order valence-electron chi connectivity index (χ2n) is 13.1. The number of carboxylic acids is 1. The Morgan fingerprint density at radius 1 is 0.795 bits per heavy atom. The topological polar surface area (TPSA) is 49.8 Å². The number of ether oxygens (including phenoxy) is 1. The zero-order valence-electron chi connectivity index (χ0n) is 25.9. The van der Waals surface area contributed by atoms with Gasteiger partial charge in [0.1, 0.15) is 17.1 Å². The van der Waals surface area contributed by atoms with E-state index in [4.69, 9.17) is 4.74 Å². The van der Waals surface area contributed by atoms with Gasteiger partial charge in [0.2, 0.25) is 0 Å². The van der Waals surface area contributed by atoms with Gasteiger partial charge in [-0.3, -0.25) is 0 Å². The van der Waals surface area contributed by atoms with Gasteiger partial charge >= 0.3 is 5.97 Å². The second kappa shape index (κ2) is 9.58. The Bertz CT molecular complexity index is 2040. The Morgan fingerprint density at radius 2 is 1.43 bits per heavy atom. The van der Waals surface area contributed by atoms with Gasteiger partial charge in [-0.2, -0.15) is 0 Å². The number of rotatable bonds is 3. The van der Waals surface area contributed by atoms with Crippen LogP contribution in [-0.2, 0) is 6.42 Å². The fraction of sp³-hybridized carbons (Fsp3) is 0.306. The SMILES string of the molecule is CC1=CC(C)(C)N(C)c2cc3c(cc21)C(Cc1c(F)c(F)c(F)c(F)c1C(=O)O)=c1cc2c(cc1O3)=C(C)C(C)(C)C=C2C. The normalized spacial score (nSPS) is 17.6. The van der Waals surface area contributed by atoms with E-state index >= 15 is 4.39 Å². The predicted octanol–water partition coefficient (Wildman–Crippen LogP) is 7.73. The number of halogens is 4. The maximum absolute atomic E-state index is 15.4. The Balaban J connectivity index is 1.73. The van der Waals surface area contributed by atoms with E-state index in [0.717, 1.165) is 38.8 Å². The van der Waals surface area contributed by atoms with Crippen molar-refractivity contribution in [1.29, 1.82) is 0 Å². The van der Waals surface area contributed by atoms with Gasteiger partial charge in [-0.05, 0) is 80.3 Å². The van der Waals surface area contributed by atoms with Crippen molar-refractivity contribution in [1.82, 2.24) is 0 Å². The Hall–Kier alpha value is -4.33. The van der Waals surface area contributed by atoms with Crippen molar-refractivity contribution < 1.29 is 32.2 Å². The molecule has 3 aromatic carbocycles. The van der Waals surface area contributed by atoms with Gasteiger partial charge < -0.3 is 14.7 Å². The monoisotopic (exact) mass is 603 g/mol. The number of hydrogen-bond acceptors (Lipinski definition) is 3. The Morgan fingerprint density at radius 3 is 2.09 bits per heavy atom. The fourth-order valence-corrected chi connectivity index (χ4v) is 6.81. The van der Waals surface area contributed by atoms with E-state index < -0.39 is 46.8 Å². The van der Waals surface area contributed by atoms with Gasteiger partial charge in [0.15, 0.2) is 23.3 Å². The molecule has 1 N–H and O–H groups in total. The summed E-state index contributed by atoms with van der Waals surface area (Å²) in [4.78, 5) is 14.2. The van der Waals surface area contributed by atoms with Gasteiger partial charge in [-0.15, -0.1) is 0 Å². The van der Waals surface area contributed by atoms with Gasteiger partial charge in [0.25, 0.3) is 0 Å². The molecule has 0 unspecified atom stereocenters. The van der Waals surface area contributed by atoms with Crippen molar-refractivity contribution in [3.8, 4) is 11.5 Å². The number of nitrogens with zero attached hydrogens (tertiary/aromatic N) is 1. The summed E-state index contributed by atoms with van der Waals surface area (Å²) in [7, 11) is 1.97. The molecule has 0 saturated heterocycles. The van der Waals surface area contributed by atoms with Crippen LogP contribution in [0.15, 0.2) is 36.4 Å². The number of anilines is 1. The van der Waals surface area contributed by atoms with E-state index in [2.05, 4.69) is 51.7 Å². The molecular formula is C36H33F4NO3. The average molecular weight is 604 g/mol. The minimum absolute atomic E-state index is 0.218. The first-order valence-corrected chi connectivity index (χ1v) is 14.4. The number of fused-ring (bicyclic) bond motifs is 4. The molecule has 0 aromatic heterocycles. The number of hydrogen-bond donors (Lipinski definition) is 1. The lowest BCUT2D eigenvalue weighted by molar-refractivity contribution is 0.0688. The highest BCUT2D eigenvalue weighted by Crippen LogP contribution is 2.46. The maximum atomic E-state index is 15.4. The van der Waals surface area contributed by atoms with Crippen molar-refractivity contribution in [2.24, 2.45) is 5.41 Å². The van der Waals surface area contributed by atoms with E-state index in [9.17, 15) is 23.1 Å². The summed E-state index contributed by atoms with van der Waals surface area (Å²) in [5.74, 6) is -8.91. The lowest BCUT2D eigenvalue weighted by Crippen LogP contribution is -2.42. The molecule has 4 nitrogen and oxygen atoms in total. The minimum atomic E-state index is -2.16. The quantitative estimate of drug-likeness (QED) is 0.189. The highest BCUT2D eigenvalue weighted by atomic mass is 19.2. The summed E-state index contributed by atoms with van der Waals surface area (Å²) >= 11 is 0. The van der Waals surface area contributed by atoms with Crippen LogP contribution in [-0.4, -0.2) is 23.7 Å². The molecule has 3 aromatic rings. The molecule has 0 bridgehead atoms. The third-order valence-corrected chi connectivity index (χ3v) is 9.61. The van der Waals surface area contributed by atoms with E-state index in [1.165, 1.54) is 0 Å². The van der Waals surface area contributed by atoms with E-state index in [1.807, 2.05) is 45.2 Å². The average Bonchev–Trinajstić information content (AvgIpc) is 2.94. The third-order valence-electron chi connectivity index (χ3n) is 9.61. The summed E-state index contributed by atoms with van der Waals surface area (Å²) in [6, 6.07) is 7.59. The summed E-state index contributed by atoms with van der Waals surface area (Å²) in [6.45, 7) is 14.4. The van der Waals surface area contributed by atoms with Crippen LogP contribution in [0.3, 0.4) is 0 Å². The van der Waals surface area contributed by atoms with Crippen LogP contribution in [0.1, 0.15) is 81.1 Å². The largest absolute Gasteiger partial charge is 0.478 e. The molecule has 0 atom stereocenters. The number of aromatic carboxylic acids is 1. The molecule has 0 saturated carbocycles. The number of likely N-dealkylation sites (N-methyl/N-ethyl adjacent to an activating group) is 1. The molecule has 0 radical (unpaired) electrons. The summed E-state index contributed by atoms with van der Waals surface area (Å²) in [5.41, 5.74) is 4.21. The van der Waals surface area contributed by atoms with Crippen LogP contribution >= 0.6 is 0 Å². The number of carboxylic acid groups (broad SMARTS) is 1. The highest BCUT2D eigenvalue weighted by molar-refractivity contribution is 5.92. The van der Waals surface area contributed by atoms with Gasteiger partial charge in [-0.1, -0.05) is 31.6 Å². The summed E-state index contributed by atoms with van der Waals surface area (Å²) < 4.78 is 65.6. The van der Waals surface area contributed by atoms with Crippen molar-refractivity contribution in [3.63, 3.8) is 0 Å². The van der Waals surface area contributed by atoms with Crippen LogP contribution in [0.2, 0.25) is 0 Å². The van der Waals surface area contributed by atoms with Crippen molar-refractivity contribution in [2.45, 2.75) is 60.4 Å². The number of allylic oxidation sites excluding steroid dienone is 3. The molecule has 228 valence electrons. The molecule has 8 heteroatoms. The number of benzene rings is 3. The van der Waals surface area contributed by atoms with Crippen molar-refractivity contribution >= 4 is 33.9 Å². The van der Waals surface area contributed by atoms with E-state index in [1.54, 1.807) is 0 Å². The third kappa shape index (κ3) is 4.21. The van der Waals surface area contributed by atoms with Crippen LogP contribution in [0.25, 0.3) is 22.3 Å². The molecule has 6 rings (SSSR count). The molecule has 0 amide bonds. The van der Waals surface area contributed by atoms with Crippen LogP contribution in [0.4, 0.5) is 23.2 Å². The highest BCUT2D eigenvalue weighted by Gasteiger charge is 2.34. The first-order valence-electron chi connectivity index (χ1n) is 14.4. The first-order chi connectivity index (χ1) is 20.4. The zero-order valence-corrected chi connectivity index (χ0v) is 25.9. The molecular weight excluding hydrogens is 570 g/mol.